The Morgan fingerprint density at radius 3 is 2.95 bits per heavy atom. The van der Waals surface area contributed by atoms with Crippen molar-refractivity contribution in [2.24, 2.45) is 0 Å². The van der Waals surface area contributed by atoms with Crippen molar-refractivity contribution >= 4 is 11.7 Å². The van der Waals surface area contributed by atoms with E-state index in [9.17, 15) is 9.18 Å². The van der Waals surface area contributed by atoms with E-state index < -0.39 is 5.82 Å². The van der Waals surface area contributed by atoms with E-state index >= 15 is 0 Å². The zero-order valence-corrected chi connectivity index (χ0v) is 10.4. The van der Waals surface area contributed by atoms with Crippen LogP contribution >= 0.6 is 0 Å². The minimum Gasteiger partial charge on any atom is -0.484 e. The number of nitrogens with one attached hydrogen (secondary N) is 1. The van der Waals surface area contributed by atoms with Gasteiger partial charge >= 0.3 is 0 Å². The second kappa shape index (κ2) is 5.95. The topological polar surface area (TPSA) is 51.2 Å². The Hall–Kier alpha value is -2.43. The number of amides is 1. The molecule has 1 aromatic carbocycles. The van der Waals surface area contributed by atoms with Crippen LogP contribution in [0.15, 0.2) is 42.6 Å². The molecule has 0 aliphatic rings. The molecule has 1 heterocycles. The number of aryl methyl sites for hydroxylation is 1. The van der Waals surface area contributed by atoms with Crippen molar-refractivity contribution in [3.8, 4) is 5.75 Å². The molecule has 0 atom stereocenters. The summed E-state index contributed by atoms with van der Waals surface area (Å²) in [5.74, 6) is 0.0285. The number of halogens is 1. The van der Waals surface area contributed by atoms with E-state index in [0.29, 0.717) is 11.6 Å². The Labute approximate surface area is 110 Å². The molecule has 1 amide bonds. The number of hydrogen-bond acceptors (Lipinski definition) is 3. The highest BCUT2D eigenvalue weighted by atomic mass is 19.1. The third-order valence-corrected chi connectivity index (χ3v) is 2.35. The maximum Gasteiger partial charge on any atom is 0.263 e. The number of rotatable bonds is 4. The number of benzene rings is 1. The Kier molecular flexibility index (Phi) is 4.07. The predicted octanol–water partition coefficient (Wildman–Crippen LogP) is 2.55. The standard InChI is InChI=1S/C14H13FN2O2/c1-10-5-6-16-13(7-10)17-14(18)9-19-12-4-2-3-11(15)8-12/h2-8H,9H2,1H3,(H,16,17,18). The van der Waals surface area contributed by atoms with Crippen LogP contribution in [0.1, 0.15) is 5.56 Å². The van der Waals surface area contributed by atoms with Crippen LogP contribution in [-0.2, 0) is 4.79 Å². The average Bonchev–Trinajstić information content (AvgIpc) is 2.36. The molecule has 19 heavy (non-hydrogen) atoms. The molecule has 5 heteroatoms. The van der Waals surface area contributed by atoms with Crippen molar-refractivity contribution in [2.75, 3.05) is 11.9 Å². The van der Waals surface area contributed by atoms with Gasteiger partial charge in [0.25, 0.3) is 5.91 Å². The minimum absolute atomic E-state index is 0.195. The maximum absolute atomic E-state index is 12.9. The lowest BCUT2D eigenvalue weighted by Gasteiger charge is -2.07. The lowest BCUT2D eigenvalue weighted by atomic mass is 10.3. The molecule has 0 spiro atoms. The first kappa shape index (κ1) is 13.0. The number of carbonyl (C=O) groups excluding carboxylic acids is 1. The fraction of sp³-hybridized carbons (Fsp3) is 0.143. The van der Waals surface area contributed by atoms with Crippen LogP contribution in [0.4, 0.5) is 10.2 Å². The summed E-state index contributed by atoms with van der Waals surface area (Å²) >= 11 is 0. The zero-order valence-electron chi connectivity index (χ0n) is 10.4. The number of pyridine rings is 1. The van der Waals surface area contributed by atoms with Crippen LogP contribution in [-0.4, -0.2) is 17.5 Å². The molecule has 2 rings (SSSR count). The van der Waals surface area contributed by atoms with Gasteiger partial charge in [-0.05, 0) is 36.8 Å². The number of nitrogens with zero attached hydrogens (tertiary/aromatic N) is 1. The SMILES string of the molecule is Cc1ccnc(NC(=O)COc2cccc(F)c2)c1. The second-order valence-corrected chi connectivity index (χ2v) is 4.01. The Morgan fingerprint density at radius 1 is 1.37 bits per heavy atom. The van der Waals surface area contributed by atoms with Crippen LogP contribution in [0.3, 0.4) is 0 Å². The zero-order chi connectivity index (χ0) is 13.7. The Bertz CT molecular complexity index is 587. The van der Waals surface area contributed by atoms with Crippen LogP contribution < -0.4 is 10.1 Å². The van der Waals surface area contributed by atoms with Crippen molar-refractivity contribution in [1.29, 1.82) is 0 Å². The molecule has 0 aliphatic heterocycles. The van der Waals surface area contributed by atoms with Gasteiger partial charge in [-0.3, -0.25) is 4.79 Å². The summed E-state index contributed by atoms with van der Waals surface area (Å²) in [6.45, 7) is 1.71. The molecular formula is C14H13FN2O2. The molecule has 98 valence electrons. The highest BCUT2D eigenvalue weighted by Gasteiger charge is 2.05. The van der Waals surface area contributed by atoms with Crippen LogP contribution in [0.25, 0.3) is 0 Å². The van der Waals surface area contributed by atoms with Crippen LogP contribution in [0, 0.1) is 12.7 Å². The summed E-state index contributed by atoms with van der Waals surface area (Å²) in [5, 5.41) is 2.60. The van der Waals surface area contributed by atoms with E-state index in [-0.39, 0.29) is 12.5 Å². The third kappa shape index (κ3) is 4.06. The van der Waals surface area contributed by atoms with Crippen LogP contribution in [0.5, 0.6) is 5.75 Å². The van der Waals surface area contributed by atoms with Crippen molar-refractivity contribution in [1.82, 2.24) is 4.98 Å². The third-order valence-electron chi connectivity index (χ3n) is 2.35. The van der Waals surface area contributed by atoms with Crippen molar-refractivity contribution in [3.63, 3.8) is 0 Å². The van der Waals surface area contributed by atoms with Gasteiger partial charge in [-0.1, -0.05) is 6.07 Å². The molecule has 0 fully saturated rings. The molecular weight excluding hydrogens is 247 g/mol. The van der Waals surface area contributed by atoms with Gasteiger partial charge in [-0.25, -0.2) is 9.37 Å². The fourth-order valence-electron chi connectivity index (χ4n) is 1.49. The van der Waals surface area contributed by atoms with E-state index in [1.54, 1.807) is 18.3 Å². The Morgan fingerprint density at radius 2 is 2.21 bits per heavy atom. The lowest BCUT2D eigenvalue weighted by molar-refractivity contribution is -0.118. The minimum atomic E-state index is -0.404. The predicted molar refractivity (Wildman–Crippen MR) is 69.5 cm³/mol. The van der Waals surface area contributed by atoms with Crippen molar-refractivity contribution in [3.05, 3.63) is 54.0 Å². The van der Waals surface area contributed by atoms with E-state index in [2.05, 4.69) is 10.3 Å². The molecule has 1 aromatic heterocycles. The van der Waals surface area contributed by atoms with Gasteiger partial charge in [0.05, 0.1) is 0 Å². The molecule has 0 aliphatic carbocycles. The second-order valence-electron chi connectivity index (χ2n) is 4.01. The number of hydrogen-bond donors (Lipinski definition) is 1. The van der Waals surface area contributed by atoms with E-state index in [0.717, 1.165) is 5.56 Å². The quantitative estimate of drug-likeness (QED) is 0.919. The number of carbonyl (C=O) groups is 1. The first-order chi connectivity index (χ1) is 9.13. The molecule has 1 N–H and O–H groups in total. The lowest BCUT2D eigenvalue weighted by Crippen LogP contribution is -2.20. The highest BCUT2D eigenvalue weighted by Crippen LogP contribution is 2.12. The normalized spacial score (nSPS) is 10.0. The first-order valence-corrected chi connectivity index (χ1v) is 5.74. The Balaban J connectivity index is 1.88. The van der Waals surface area contributed by atoms with Gasteiger partial charge in [0.15, 0.2) is 6.61 Å². The van der Waals surface area contributed by atoms with Gasteiger partial charge in [0.2, 0.25) is 0 Å². The molecule has 0 bridgehead atoms. The summed E-state index contributed by atoms with van der Waals surface area (Å²) in [4.78, 5) is 15.6. The van der Waals surface area contributed by atoms with Gasteiger partial charge in [0, 0.05) is 12.3 Å². The van der Waals surface area contributed by atoms with Gasteiger partial charge < -0.3 is 10.1 Å². The molecule has 2 aromatic rings. The van der Waals surface area contributed by atoms with Crippen molar-refractivity contribution < 1.29 is 13.9 Å². The first-order valence-electron chi connectivity index (χ1n) is 5.74. The number of ether oxygens (including phenoxy) is 1. The summed E-state index contributed by atoms with van der Waals surface area (Å²) in [7, 11) is 0. The molecule has 0 unspecified atom stereocenters. The number of anilines is 1. The molecule has 0 saturated heterocycles. The largest absolute Gasteiger partial charge is 0.484 e. The maximum atomic E-state index is 12.9. The molecule has 0 radical (unpaired) electrons. The fourth-order valence-corrected chi connectivity index (χ4v) is 1.49. The van der Waals surface area contributed by atoms with Gasteiger partial charge in [-0.2, -0.15) is 0 Å². The molecule has 4 nitrogen and oxygen atoms in total. The van der Waals surface area contributed by atoms with Gasteiger partial charge in [-0.15, -0.1) is 0 Å². The van der Waals surface area contributed by atoms with Crippen LogP contribution in [0.2, 0.25) is 0 Å². The van der Waals surface area contributed by atoms with E-state index in [4.69, 9.17) is 4.74 Å². The average molecular weight is 260 g/mol. The summed E-state index contributed by atoms with van der Waals surface area (Å²) in [6.07, 6.45) is 1.61. The van der Waals surface area contributed by atoms with Crippen molar-refractivity contribution in [2.45, 2.75) is 6.92 Å². The molecule has 0 saturated carbocycles. The van der Waals surface area contributed by atoms with Gasteiger partial charge in [0.1, 0.15) is 17.4 Å². The highest BCUT2D eigenvalue weighted by molar-refractivity contribution is 5.90. The smallest absolute Gasteiger partial charge is 0.263 e. The summed E-state index contributed by atoms with van der Waals surface area (Å²) in [5.41, 5.74) is 0.997. The van der Waals surface area contributed by atoms with E-state index in [1.807, 2.05) is 13.0 Å². The summed E-state index contributed by atoms with van der Waals surface area (Å²) < 4.78 is 18.1. The van der Waals surface area contributed by atoms with E-state index in [1.165, 1.54) is 18.2 Å². The number of aromatic nitrogens is 1. The monoisotopic (exact) mass is 260 g/mol. The summed E-state index contributed by atoms with van der Waals surface area (Å²) in [6, 6.07) is 9.22.